The third-order valence-electron chi connectivity index (χ3n) is 4.39. The van der Waals surface area contributed by atoms with Crippen LogP contribution in [0.4, 0.5) is 4.39 Å². The summed E-state index contributed by atoms with van der Waals surface area (Å²) in [4.78, 5) is 0. The molecule has 3 heteroatoms. The highest BCUT2D eigenvalue weighted by Gasteiger charge is 2.27. The standard InChI is InChI=1S/C17H25ClFN/c1-2-11-20-12-15(13-7-4-3-5-8-13)14-9-6-10-16(18)17(14)19/h6,9-10,13,15,20H,2-5,7-8,11-12H2,1H3. The molecule has 1 aromatic rings. The van der Waals surface area contributed by atoms with Gasteiger partial charge in [-0.05, 0) is 43.4 Å². The molecule has 0 aromatic heterocycles. The fourth-order valence-corrected chi connectivity index (χ4v) is 3.49. The number of halogens is 2. The highest BCUT2D eigenvalue weighted by molar-refractivity contribution is 6.30. The van der Waals surface area contributed by atoms with Crippen LogP contribution < -0.4 is 5.32 Å². The van der Waals surface area contributed by atoms with Crippen molar-refractivity contribution in [3.8, 4) is 0 Å². The van der Waals surface area contributed by atoms with Crippen LogP contribution in [0.25, 0.3) is 0 Å². The van der Waals surface area contributed by atoms with Gasteiger partial charge in [-0.2, -0.15) is 0 Å². The second kappa shape index (κ2) is 7.99. The van der Waals surface area contributed by atoms with Gasteiger partial charge < -0.3 is 5.32 Å². The lowest BCUT2D eigenvalue weighted by Gasteiger charge is -2.31. The summed E-state index contributed by atoms with van der Waals surface area (Å²) in [6, 6.07) is 5.42. The zero-order valence-electron chi connectivity index (χ0n) is 12.3. The van der Waals surface area contributed by atoms with Crippen LogP contribution >= 0.6 is 11.6 Å². The molecule has 0 amide bonds. The number of hydrogen-bond donors (Lipinski definition) is 1. The molecule has 2 rings (SSSR count). The van der Waals surface area contributed by atoms with Gasteiger partial charge >= 0.3 is 0 Å². The molecule has 1 N–H and O–H groups in total. The van der Waals surface area contributed by atoms with E-state index in [1.807, 2.05) is 12.1 Å². The van der Waals surface area contributed by atoms with Gasteiger partial charge in [0.05, 0.1) is 5.02 Å². The highest BCUT2D eigenvalue weighted by atomic mass is 35.5. The van der Waals surface area contributed by atoms with Crippen molar-refractivity contribution in [2.45, 2.75) is 51.4 Å². The van der Waals surface area contributed by atoms with E-state index in [1.165, 1.54) is 32.1 Å². The number of nitrogens with one attached hydrogen (secondary N) is 1. The molecule has 0 heterocycles. The topological polar surface area (TPSA) is 12.0 Å². The fourth-order valence-electron chi connectivity index (χ4n) is 3.31. The van der Waals surface area contributed by atoms with Gasteiger partial charge in [0.25, 0.3) is 0 Å². The Labute approximate surface area is 126 Å². The van der Waals surface area contributed by atoms with E-state index in [0.717, 1.165) is 25.1 Å². The summed E-state index contributed by atoms with van der Waals surface area (Å²) < 4.78 is 14.4. The van der Waals surface area contributed by atoms with Crippen molar-refractivity contribution in [3.05, 3.63) is 34.6 Å². The molecule has 1 unspecified atom stereocenters. The molecular weight excluding hydrogens is 273 g/mol. The molecule has 1 atom stereocenters. The fraction of sp³-hybridized carbons (Fsp3) is 0.647. The minimum atomic E-state index is -0.219. The van der Waals surface area contributed by atoms with Crippen LogP contribution in [-0.2, 0) is 0 Å². The maximum atomic E-state index is 14.4. The highest BCUT2D eigenvalue weighted by Crippen LogP contribution is 2.37. The van der Waals surface area contributed by atoms with Crippen LogP contribution in [-0.4, -0.2) is 13.1 Å². The Balaban J connectivity index is 2.17. The van der Waals surface area contributed by atoms with Crippen molar-refractivity contribution in [1.82, 2.24) is 5.32 Å². The predicted molar refractivity (Wildman–Crippen MR) is 83.9 cm³/mol. The van der Waals surface area contributed by atoms with Gasteiger partial charge in [-0.1, -0.05) is 49.9 Å². The first kappa shape index (κ1) is 15.8. The summed E-state index contributed by atoms with van der Waals surface area (Å²) in [5, 5.41) is 3.72. The lowest BCUT2D eigenvalue weighted by atomic mass is 9.76. The molecule has 1 aromatic carbocycles. The van der Waals surface area contributed by atoms with Crippen LogP contribution in [0.3, 0.4) is 0 Å². The lowest BCUT2D eigenvalue weighted by molar-refractivity contribution is 0.292. The number of benzene rings is 1. The minimum absolute atomic E-state index is 0.219. The third kappa shape index (κ3) is 3.95. The van der Waals surface area contributed by atoms with Crippen LogP contribution in [0, 0.1) is 11.7 Å². The zero-order chi connectivity index (χ0) is 14.4. The largest absolute Gasteiger partial charge is 0.316 e. The normalized spacial score (nSPS) is 18.1. The average Bonchev–Trinajstić information content (AvgIpc) is 2.48. The summed E-state index contributed by atoms with van der Waals surface area (Å²) >= 11 is 5.96. The SMILES string of the molecule is CCCNCC(c1cccc(Cl)c1F)C1CCCCC1. The van der Waals surface area contributed by atoms with Crippen molar-refractivity contribution < 1.29 is 4.39 Å². The van der Waals surface area contributed by atoms with E-state index >= 15 is 0 Å². The molecule has 1 saturated carbocycles. The predicted octanol–water partition coefficient (Wildman–Crippen LogP) is 5.14. The summed E-state index contributed by atoms with van der Waals surface area (Å²) in [6.07, 6.45) is 7.40. The van der Waals surface area contributed by atoms with Crippen molar-refractivity contribution in [1.29, 1.82) is 0 Å². The van der Waals surface area contributed by atoms with Gasteiger partial charge in [0.15, 0.2) is 0 Å². The Bertz CT molecular complexity index is 415. The van der Waals surface area contributed by atoms with E-state index < -0.39 is 0 Å². The van der Waals surface area contributed by atoms with Crippen molar-refractivity contribution in [2.75, 3.05) is 13.1 Å². The Morgan fingerprint density at radius 1 is 1.30 bits per heavy atom. The first-order valence-electron chi connectivity index (χ1n) is 7.88. The maximum absolute atomic E-state index is 14.4. The summed E-state index contributed by atoms with van der Waals surface area (Å²) in [6.45, 7) is 4.00. The van der Waals surface area contributed by atoms with E-state index in [1.54, 1.807) is 6.07 Å². The van der Waals surface area contributed by atoms with Gasteiger partial charge in [-0.25, -0.2) is 4.39 Å². The smallest absolute Gasteiger partial charge is 0.145 e. The van der Waals surface area contributed by atoms with E-state index in [0.29, 0.717) is 5.92 Å². The Hall–Kier alpha value is -0.600. The van der Waals surface area contributed by atoms with Crippen molar-refractivity contribution in [2.24, 2.45) is 5.92 Å². The maximum Gasteiger partial charge on any atom is 0.145 e. The molecule has 1 fully saturated rings. The number of hydrogen-bond acceptors (Lipinski definition) is 1. The van der Waals surface area contributed by atoms with Gasteiger partial charge in [-0.15, -0.1) is 0 Å². The molecule has 20 heavy (non-hydrogen) atoms. The molecule has 1 aliphatic rings. The Kier molecular flexibility index (Phi) is 6.31. The van der Waals surface area contributed by atoms with Gasteiger partial charge in [0.2, 0.25) is 0 Å². The van der Waals surface area contributed by atoms with Gasteiger partial charge in [0.1, 0.15) is 5.82 Å². The van der Waals surface area contributed by atoms with Crippen molar-refractivity contribution in [3.63, 3.8) is 0 Å². The first-order valence-corrected chi connectivity index (χ1v) is 8.26. The second-order valence-electron chi connectivity index (χ2n) is 5.85. The molecule has 0 spiro atoms. The van der Waals surface area contributed by atoms with E-state index in [-0.39, 0.29) is 16.8 Å². The summed E-state index contributed by atoms with van der Waals surface area (Å²) in [5.41, 5.74) is 0.799. The van der Waals surface area contributed by atoms with Crippen LogP contribution in [0.2, 0.25) is 5.02 Å². The molecular formula is C17H25ClFN. The Morgan fingerprint density at radius 3 is 2.75 bits per heavy atom. The molecule has 0 radical (unpaired) electrons. The van der Waals surface area contributed by atoms with E-state index in [9.17, 15) is 4.39 Å². The summed E-state index contributed by atoms with van der Waals surface area (Å²) in [5.74, 6) is 0.615. The molecule has 0 bridgehead atoms. The third-order valence-corrected chi connectivity index (χ3v) is 4.68. The van der Waals surface area contributed by atoms with Gasteiger partial charge in [0, 0.05) is 12.5 Å². The second-order valence-corrected chi connectivity index (χ2v) is 6.26. The zero-order valence-corrected chi connectivity index (χ0v) is 13.1. The van der Waals surface area contributed by atoms with Crippen LogP contribution in [0.1, 0.15) is 56.9 Å². The molecule has 0 saturated heterocycles. The van der Waals surface area contributed by atoms with Crippen LogP contribution in [0.5, 0.6) is 0 Å². The van der Waals surface area contributed by atoms with E-state index in [4.69, 9.17) is 11.6 Å². The van der Waals surface area contributed by atoms with Gasteiger partial charge in [-0.3, -0.25) is 0 Å². The molecule has 1 aliphatic carbocycles. The van der Waals surface area contributed by atoms with E-state index in [2.05, 4.69) is 12.2 Å². The molecule has 112 valence electrons. The Morgan fingerprint density at radius 2 is 2.05 bits per heavy atom. The molecule has 0 aliphatic heterocycles. The number of rotatable bonds is 6. The first-order chi connectivity index (χ1) is 9.74. The summed E-state index contributed by atoms with van der Waals surface area (Å²) in [7, 11) is 0. The quantitative estimate of drug-likeness (QED) is 0.717. The minimum Gasteiger partial charge on any atom is -0.316 e. The van der Waals surface area contributed by atoms with Crippen LogP contribution in [0.15, 0.2) is 18.2 Å². The van der Waals surface area contributed by atoms with Crippen molar-refractivity contribution >= 4 is 11.6 Å². The lowest BCUT2D eigenvalue weighted by Crippen LogP contribution is -2.29. The monoisotopic (exact) mass is 297 g/mol. The molecule has 1 nitrogen and oxygen atoms in total. The average molecular weight is 298 g/mol.